The minimum atomic E-state index is -5.08. The van der Waals surface area contributed by atoms with Crippen LogP contribution in [-0.2, 0) is 4.79 Å². The molecule has 6 N–H and O–H groups in total. The largest absolute Gasteiger partial charge is 0.496 e. The van der Waals surface area contributed by atoms with Gasteiger partial charge in [-0.25, -0.2) is 27.9 Å². The highest BCUT2D eigenvalue weighted by atomic mass is 19.4. The number of aromatic amines is 2. The normalized spacial score (nSPS) is 10.9. The van der Waals surface area contributed by atoms with E-state index >= 15 is 0 Å². The second-order valence-electron chi connectivity index (χ2n) is 10.4. The van der Waals surface area contributed by atoms with Crippen LogP contribution in [0.3, 0.4) is 0 Å². The zero-order valence-corrected chi connectivity index (χ0v) is 27.1. The lowest BCUT2D eigenvalue weighted by Gasteiger charge is -2.06. The molecule has 0 bridgehead atoms. The van der Waals surface area contributed by atoms with Gasteiger partial charge in [0, 0.05) is 30.2 Å². The Morgan fingerprint density at radius 3 is 1.98 bits per heavy atom. The molecule has 4 aromatic heterocycles. The number of hydrogen-bond acceptors (Lipinski definition) is 11. The Bertz CT molecular complexity index is 2310. The summed E-state index contributed by atoms with van der Waals surface area (Å²) in [6.07, 6.45) is -1.97. The number of fused-ring (bicyclic) bond motifs is 2. The van der Waals surface area contributed by atoms with Crippen molar-refractivity contribution in [2.45, 2.75) is 6.18 Å². The predicted molar refractivity (Wildman–Crippen MR) is 180 cm³/mol. The number of halogens is 6. The summed E-state index contributed by atoms with van der Waals surface area (Å²) in [5.41, 5.74) is 3.07. The number of H-pyrrole nitrogens is 2. The highest BCUT2D eigenvalue weighted by Gasteiger charge is 2.38. The van der Waals surface area contributed by atoms with Crippen molar-refractivity contribution in [3.8, 4) is 28.3 Å². The van der Waals surface area contributed by atoms with Crippen molar-refractivity contribution in [1.29, 1.82) is 0 Å². The summed E-state index contributed by atoms with van der Waals surface area (Å²) in [4.78, 5) is 25.7. The number of hydrogen-bond donors (Lipinski definition) is 6. The third kappa shape index (κ3) is 9.10. The van der Waals surface area contributed by atoms with Gasteiger partial charge in [-0.2, -0.15) is 33.3 Å². The van der Waals surface area contributed by atoms with E-state index in [1.54, 1.807) is 13.3 Å². The third-order valence-electron chi connectivity index (χ3n) is 6.95. The van der Waals surface area contributed by atoms with Crippen LogP contribution in [-0.4, -0.2) is 83.0 Å². The van der Waals surface area contributed by atoms with Gasteiger partial charge in [0.15, 0.2) is 11.3 Å². The van der Waals surface area contributed by atoms with Crippen LogP contribution in [0.4, 0.5) is 43.9 Å². The number of aliphatic hydroxyl groups is 1. The van der Waals surface area contributed by atoms with Crippen LogP contribution in [0.15, 0.2) is 79.1 Å². The summed E-state index contributed by atoms with van der Waals surface area (Å²) < 4.78 is 78.0. The summed E-state index contributed by atoms with van der Waals surface area (Å²) in [7, 11) is 1.63. The van der Waals surface area contributed by atoms with Crippen LogP contribution in [0, 0.1) is 17.5 Å². The maximum atomic E-state index is 14.0. The number of carbonyl (C=O) groups is 1. The molecule has 4 heterocycles. The molecule has 20 heteroatoms. The van der Waals surface area contributed by atoms with E-state index in [-0.39, 0.29) is 35.3 Å². The van der Waals surface area contributed by atoms with Crippen molar-refractivity contribution in [2.75, 3.05) is 30.9 Å². The summed E-state index contributed by atoms with van der Waals surface area (Å²) in [6.45, 7) is 0.420. The first-order chi connectivity index (χ1) is 25.4. The molecule has 0 amide bonds. The van der Waals surface area contributed by atoms with E-state index in [1.165, 1.54) is 36.5 Å². The van der Waals surface area contributed by atoms with Crippen LogP contribution in [0.1, 0.15) is 0 Å². The molecular weight excluding hydrogens is 714 g/mol. The summed E-state index contributed by atoms with van der Waals surface area (Å²) in [5, 5.41) is 36.7. The molecule has 0 aliphatic heterocycles. The molecule has 0 radical (unpaired) electrons. The lowest BCUT2D eigenvalue weighted by Crippen LogP contribution is -2.21. The zero-order valence-electron chi connectivity index (χ0n) is 27.1. The van der Waals surface area contributed by atoms with Gasteiger partial charge in [-0.3, -0.25) is 10.2 Å². The van der Waals surface area contributed by atoms with E-state index in [1.807, 2.05) is 24.3 Å². The Labute approximate surface area is 293 Å². The fraction of sp³-hybridized carbons (Fsp3) is 0.121. The van der Waals surface area contributed by atoms with E-state index < -0.39 is 23.8 Å². The summed E-state index contributed by atoms with van der Waals surface area (Å²) in [5.74, 6) is -3.11. The maximum Gasteiger partial charge on any atom is 0.490 e. The van der Waals surface area contributed by atoms with E-state index in [0.717, 1.165) is 34.5 Å². The van der Waals surface area contributed by atoms with E-state index in [9.17, 15) is 26.3 Å². The standard InChI is InChI=1S/C17H10F3N5.C14H15N5O2.C2HF3O2/c18-9-4-6-10(7-5-9)22-17-21-8-11-15(24-25-16(11)23-17)14-12(19)2-1-3-13(14)20;1-21-11-5-3-2-4-9(11)12-10-8-16-14(15-6-7-20)17-13(10)19-18-12;3-2(4,5)1(6)7/h1-8H,(H2,21,22,23,24,25);2-5,8,20H,6-7H2,1H3,(H2,15,16,17,18,19);(H,6,7). The molecule has 14 nitrogen and oxygen atoms in total. The highest BCUT2D eigenvalue weighted by Crippen LogP contribution is 2.33. The molecule has 53 heavy (non-hydrogen) atoms. The molecule has 3 aromatic carbocycles. The molecule has 0 unspecified atom stereocenters. The van der Waals surface area contributed by atoms with Gasteiger partial charge in [-0.15, -0.1) is 0 Å². The number of para-hydroxylation sites is 1. The van der Waals surface area contributed by atoms with Crippen LogP contribution in [0.25, 0.3) is 44.6 Å². The van der Waals surface area contributed by atoms with Gasteiger partial charge >= 0.3 is 12.1 Å². The molecule has 274 valence electrons. The Kier molecular flexibility index (Phi) is 11.6. The maximum absolute atomic E-state index is 14.0. The molecule has 0 aliphatic rings. The number of ether oxygens (including phenoxy) is 1. The van der Waals surface area contributed by atoms with Crippen molar-refractivity contribution >= 4 is 45.6 Å². The van der Waals surface area contributed by atoms with Gasteiger partial charge < -0.3 is 25.6 Å². The fourth-order valence-electron chi connectivity index (χ4n) is 4.57. The highest BCUT2D eigenvalue weighted by molar-refractivity contribution is 5.92. The lowest BCUT2D eigenvalue weighted by atomic mass is 10.1. The van der Waals surface area contributed by atoms with Gasteiger partial charge in [0.25, 0.3) is 0 Å². The number of rotatable bonds is 8. The number of nitrogens with one attached hydrogen (secondary N) is 4. The number of aromatic nitrogens is 8. The number of benzene rings is 3. The van der Waals surface area contributed by atoms with Crippen LogP contribution >= 0.6 is 0 Å². The van der Waals surface area contributed by atoms with E-state index in [4.69, 9.17) is 19.7 Å². The Morgan fingerprint density at radius 2 is 1.38 bits per heavy atom. The number of methoxy groups -OCH3 is 1. The number of aliphatic carboxylic acids is 1. The SMILES string of the molecule is COc1ccccc1-c1[nH]nc2nc(NCCO)ncc12.Fc1ccc(Nc2ncc3c(-c4c(F)cccc4F)[nH]nc3n2)cc1.O=C(O)C(F)(F)F. The topological polar surface area (TPSA) is 200 Å². The summed E-state index contributed by atoms with van der Waals surface area (Å²) >= 11 is 0. The summed E-state index contributed by atoms with van der Waals surface area (Å²) in [6, 6.07) is 17.0. The van der Waals surface area contributed by atoms with Gasteiger partial charge in [0.05, 0.1) is 41.4 Å². The first kappa shape index (κ1) is 37.4. The number of aliphatic hydroxyl groups excluding tert-OH is 1. The number of alkyl halides is 3. The average Bonchev–Trinajstić information content (AvgIpc) is 3.75. The average molecular weight is 741 g/mol. The first-order valence-corrected chi connectivity index (χ1v) is 15.1. The zero-order chi connectivity index (χ0) is 38.1. The minimum Gasteiger partial charge on any atom is -0.496 e. The molecule has 0 aliphatic carbocycles. The molecule has 7 rings (SSSR count). The molecular formula is C33H26F6N10O4. The number of nitrogens with zero attached hydrogens (tertiary/aromatic N) is 6. The molecule has 0 saturated carbocycles. The Morgan fingerprint density at radius 1 is 0.811 bits per heavy atom. The predicted octanol–water partition coefficient (Wildman–Crippen LogP) is 6.25. The van der Waals surface area contributed by atoms with Crippen molar-refractivity contribution < 1.29 is 46.1 Å². The van der Waals surface area contributed by atoms with Crippen molar-refractivity contribution in [1.82, 2.24) is 40.3 Å². The molecule has 0 spiro atoms. The number of carboxylic acid groups (broad SMARTS) is 1. The smallest absolute Gasteiger partial charge is 0.490 e. The molecule has 0 atom stereocenters. The first-order valence-electron chi connectivity index (χ1n) is 15.1. The Balaban J connectivity index is 0.000000176. The van der Waals surface area contributed by atoms with Crippen LogP contribution < -0.4 is 15.4 Å². The third-order valence-corrected chi connectivity index (χ3v) is 6.95. The van der Waals surface area contributed by atoms with Gasteiger partial charge in [-0.1, -0.05) is 18.2 Å². The monoisotopic (exact) mass is 740 g/mol. The quantitative estimate of drug-likeness (QED) is 0.0960. The number of anilines is 3. The molecule has 0 fully saturated rings. The second kappa shape index (κ2) is 16.5. The lowest BCUT2D eigenvalue weighted by molar-refractivity contribution is -0.192. The van der Waals surface area contributed by atoms with Crippen molar-refractivity contribution in [3.63, 3.8) is 0 Å². The van der Waals surface area contributed by atoms with Gasteiger partial charge in [-0.05, 0) is 48.5 Å². The van der Waals surface area contributed by atoms with Crippen LogP contribution in [0.5, 0.6) is 5.75 Å². The Hall–Kier alpha value is -6.83. The van der Waals surface area contributed by atoms with Crippen LogP contribution in [0.2, 0.25) is 0 Å². The minimum absolute atomic E-state index is 0.0222. The molecule has 7 aromatic rings. The van der Waals surface area contributed by atoms with Crippen molar-refractivity contribution in [3.05, 3.63) is 96.6 Å². The van der Waals surface area contributed by atoms with E-state index in [2.05, 4.69) is 51.0 Å². The van der Waals surface area contributed by atoms with Gasteiger partial charge in [0.2, 0.25) is 11.9 Å². The fourth-order valence-corrected chi connectivity index (χ4v) is 4.57. The van der Waals surface area contributed by atoms with E-state index in [0.29, 0.717) is 29.2 Å². The van der Waals surface area contributed by atoms with Gasteiger partial charge in [0.1, 0.15) is 23.2 Å². The van der Waals surface area contributed by atoms with Crippen molar-refractivity contribution in [2.24, 2.45) is 0 Å². The second-order valence-corrected chi connectivity index (χ2v) is 10.4. The molecule has 0 saturated heterocycles. The number of carboxylic acids is 1.